The molecule has 0 saturated heterocycles. The van der Waals surface area contributed by atoms with Crippen molar-refractivity contribution in [2.24, 2.45) is 0 Å². The molecule has 0 aliphatic heterocycles. The van der Waals surface area contributed by atoms with Crippen LogP contribution in [0.2, 0.25) is 0 Å². The minimum atomic E-state index is -1.15. The van der Waals surface area contributed by atoms with Gasteiger partial charge >= 0.3 is 7.12 Å². The Labute approximate surface area is 77.5 Å². The van der Waals surface area contributed by atoms with Gasteiger partial charge in [0.05, 0.1) is 0 Å². The molecule has 1 N–H and O–H groups in total. The summed E-state index contributed by atoms with van der Waals surface area (Å²) in [6, 6.07) is 6.05. The van der Waals surface area contributed by atoms with E-state index in [1.807, 2.05) is 6.92 Å². The van der Waals surface area contributed by atoms with Gasteiger partial charge in [-0.1, -0.05) is 25.1 Å². The van der Waals surface area contributed by atoms with Crippen molar-refractivity contribution < 1.29 is 14.1 Å². The van der Waals surface area contributed by atoms with Gasteiger partial charge in [-0.25, -0.2) is 4.39 Å². The number of benzene rings is 1. The molecule has 0 atom stereocenters. The summed E-state index contributed by atoms with van der Waals surface area (Å²) in [7, 11) is -1.15. The molecule has 0 aliphatic carbocycles. The van der Waals surface area contributed by atoms with E-state index in [2.05, 4.69) is 0 Å². The molecular weight excluding hydrogens is 170 g/mol. The summed E-state index contributed by atoms with van der Waals surface area (Å²) in [5, 5.41) is 9.37. The fourth-order valence-corrected chi connectivity index (χ4v) is 0.995. The van der Waals surface area contributed by atoms with Gasteiger partial charge in [0, 0.05) is 12.1 Å². The van der Waals surface area contributed by atoms with Gasteiger partial charge in [-0.15, -0.1) is 0 Å². The molecule has 0 heterocycles. The number of hydrogen-bond donors (Lipinski definition) is 1. The fraction of sp³-hybridized carbons (Fsp3) is 0.333. The van der Waals surface area contributed by atoms with Crippen molar-refractivity contribution >= 4 is 12.6 Å². The van der Waals surface area contributed by atoms with E-state index < -0.39 is 12.9 Å². The first-order valence-electron chi connectivity index (χ1n) is 4.29. The molecule has 70 valence electrons. The lowest BCUT2D eigenvalue weighted by atomic mass is 9.79. The van der Waals surface area contributed by atoms with E-state index in [0.29, 0.717) is 6.61 Å². The molecule has 0 fully saturated rings. The van der Waals surface area contributed by atoms with Crippen LogP contribution in [0, 0.1) is 5.82 Å². The van der Waals surface area contributed by atoms with Crippen LogP contribution in [0.15, 0.2) is 24.3 Å². The van der Waals surface area contributed by atoms with Crippen LogP contribution in [-0.4, -0.2) is 18.7 Å². The maximum atomic E-state index is 13.0. The predicted octanol–water partition coefficient (Wildman–Crippen LogP) is 0.940. The van der Waals surface area contributed by atoms with Crippen LogP contribution in [0.4, 0.5) is 4.39 Å². The highest BCUT2D eigenvalue weighted by Gasteiger charge is 2.19. The average molecular weight is 182 g/mol. The van der Waals surface area contributed by atoms with Gasteiger partial charge in [-0.05, 0) is 12.5 Å². The zero-order valence-corrected chi connectivity index (χ0v) is 7.53. The van der Waals surface area contributed by atoms with Crippen molar-refractivity contribution in [3.8, 4) is 0 Å². The van der Waals surface area contributed by atoms with Gasteiger partial charge in [-0.2, -0.15) is 0 Å². The van der Waals surface area contributed by atoms with Gasteiger partial charge in [0.25, 0.3) is 0 Å². The minimum absolute atomic E-state index is 0.191. The molecule has 0 radical (unpaired) electrons. The molecule has 0 bridgehead atoms. The molecule has 0 saturated carbocycles. The molecule has 1 aromatic rings. The molecule has 2 nitrogen and oxygen atoms in total. The summed E-state index contributed by atoms with van der Waals surface area (Å²) in [6.07, 6.45) is 0.797. The van der Waals surface area contributed by atoms with Gasteiger partial charge in [0.2, 0.25) is 0 Å². The summed E-state index contributed by atoms with van der Waals surface area (Å²) in [5.41, 5.74) is 0.191. The Kier molecular flexibility index (Phi) is 3.92. The zero-order chi connectivity index (χ0) is 9.68. The zero-order valence-electron chi connectivity index (χ0n) is 7.53. The van der Waals surface area contributed by atoms with Crippen molar-refractivity contribution in [1.29, 1.82) is 0 Å². The summed E-state index contributed by atoms with van der Waals surface area (Å²) in [6.45, 7) is 2.35. The Morgan fingerprint density at radius 1 is 1.46 bits per heavy atom. The van der Waals surface area contributed by atoms with E-state index >= 15 is 0 Å². The minimum Gasteiger partial charge on any atom is -0.423 e. The van der Waals surface area contributed by atoms with Crippen LogP contribution in [-0.2, 0) is 4.65 Å². The third kappa shape index (κ3) is 2.83. The molecular formula is C9H12BFO2. The Morgan fingerprint density at radius 3 is 2.77 bits per heavy atom. The number of hydrogen-bond acceptors (Lipinski definition) is 2. The van der Waals surface area contributed by atoms with Crippen molar-refractivity contribution in [3.05, 3.63) is 30.1 Å². The summed E-state index contributed by atoms with van der Waals surface area (Å²) in [4.78, 5) is 0. The lowest BCUT2D eigenvalue weighted by molar-refractivity contribution is 0.269. The largest absolute Gasteiger partial charge is 0.494 e. The van der Waals surface area contributed by atoms with E-state index in [4.69, 9.17) is 4.65 Å². The summed E-state index contributed by atoms with van der Waals surface area (Å²) < 4.78 is 18.0. The summed E-state index contributed by atoms with van der Waals surface area (Å²) >= 11 is 0. The van der Waals surface area contributed by atoms with Gasteiger partial charge < -0.3 is 9.68 Å². The monoisotopic (exact) mass is 182 g/mol. The Balaban J connectivity index is 2.65. The van der Waals surface area contributed by atoms with Crippen LogP contribution < -0.4 is 5.46 Å². The maximum absolute atomic E-state index is 13.0. The molecule has 1 rings (SSSR count). The van der Waals surface area contributed by atoms with E-state index in [0.717, 1.165) is 6.42 Å². The van der Waals surface area contributed by atoms with E-state index in [-0.39, 0.29) is 5.46 Å². The van der Waals surface area contributed by atoms with Crippen molar-refractivity contribution in [2.75, 3.05) is 6.61 Å². The van der Waals surface area contributed by atoms with Crippen molar-refractivity contribution in [2.45, 2.75) is 13.3 Å². The van der Waals surface area contributed by atoms with E-state index in [1.54, 1.807) is 12.1 Å². The number of rotatable bonds is 4. The molecule has 4 heteroatoms. The van der Waals surface area contributed by atoms with E-state index in [1.165, 1.54) is 12.1 Å². The third-order valence-corrected chi connectivity index (χ3v) is 1.65. The molecule has 0 spiro atoms. The van der Waals surface area contributed by atoms with Crippen LogP contribution in [0.3, 0.4) is 0 Å². The molecule has 0 aliphatic rings. The van der Waals surface area contributed by atoms with Crippen LogP contribution >= 0.6 is 0 Å². The Hall–Kier alpha value is -0.865. The molecule has 0 aromatic heterocycles. The van der Waals surface area contributed by atoms with Crippen molar-refractivity contribution in [3.63, 3.8) is 0 Å². The Morgan fingerprint density at radius 2 is 2.15 bits per heavy atom. The van der Waals surface area contributed by atoms with Crippen LogP contribution in [0.25, 0.3) is 0 Å². The molecule has 0 amide bonds. The second kappa shape index (κ2) is 4.99. The Bertz CT molecular complexity index is 268. The van der Waals surface area contributed by atoms with Gasteiger partial charge in [0.1, 0.15) is 5.82 Å². The van der Waals surface area contributed by atoms with Crippen LogP contribution in [0.5, 0.6) is 0 Å². The first-order valence-corrected chi connectivity index (χ1v) is 4.29. The second-order valence-electron chi connectivity index (χ2n) is 2.74. The highest BCUT2D eigenvalue weighted by molar-refractivity contribution is 6.60. The third-order valence-electron chi connectivity index (χ3n) is 1.65. The quantitative estimate of drug-likeness (QED) is 0.702. The molecule has 1 aromatic carbocycles. The van der Waals surface area contributed by atoms with Crippen LogP contribution in [0.1, 0.15) is 13.3 Å². The standard InChI is InChI=1S/C9H12BFO2/c1-2-7-13-10(12)8-5-3-4-6-9(8)11/h3-6,12H,2,7H2,1H3. The molecule has 0 unspecified atom stereocenters. The SMILES string of the molecule is CCCOB(O)c1ccccc1F. The number of halogens is 1. The van der Waals surface area contributed by atoms with E-state index in [9.17, 15) is 9.41 Å². The highest BCUT2D eigenvalue weighted by atomic mass is 19.1. The molecule has 13 heavy (non-hydrogen) atoms. The first-order chi connectivity index (χ1) is 6.25. The smallest absolute Gasteiger partial charge is 0.423 e. The summed E-state index contributed by atoms with van der Waals surface area (Å²) in [5.74, 6) is -0.439. The normalized spacial score (nSPS) is 10.1. The second-order valence-corrected chi connectivity index (χ2v) is 2.74. The lowest BCUT2D eigenvalue weighted by Gasteiger charge is -2.07. The lowest BCUT2D eigenvalue weighted by Crippen LogP contribution is -2.36. The average Bonchev–Trinajstić information content (AvgIpc) is 2.15. The van der Waals surface area contributed by atoms with Gasteiger partial charge in [0.15, 0.2) is 0 Å². The highest BCUT2D eigenvalue weighted by Crippen LogP contribution is 1.95. The first kappa shape index (κ1) is 10.2. The predicted molar refractivity (Wildman–Crippen MR) is 50.2 cm³/mol. The maximum Gasteiger partial charge on any atom is 0.494 e. The topological polar surface area (TPSA) is 29.5 Å². The van der Waals surface area contributed by atoms with Gasteiger partial charge in [-0.3, -0.25) is 0 Å². The van der Waals surface area contributed by atoms with Crippen molar-refractivity contribution in [1.82, 2.24) is 0 Å². The fourth-order valence-electron chi connectivity index (χ4n) is 0.995.